The van der Waals surface area contributed by atoms with Crippen molar-refractivity contribution in [3.8, 4) is 0 Å². The minimum Gasteiger partial charge on any atom is -0.412 e. The van der Waals surface area contributed by atoms with Crippen molar-refractivity contribution in [3.05, 3.63) is 0 Å². The number of rotatable bonds is 0. The van der Waals surface area contributed by atoms with Gasteiger partial charge in [0.25, 0.3) is 0 Å². The molecule has 4 heteroatoms. The SMILES string of the molecule is N.O.[AlH3].[La]. The molecule has 0 aliphatic heterocycles. The van der Waals surface area contributed by atoms with Gasteiger partial charge in [-0.1, -0.05) is 0 Å². The van der Waals surface area contributed by atoms with E-state index in [2.05, 4.69) is 0 Å². The molecule has 0 rings (SSSR count). The second-order valence-corrected chi connectivity index (χ2v) is 0. The van der Waals surface area contributed by atoms with Crippen LogP contribution < -0.4 is 6.15 Å². The zero-order valence-electron chi connectivity index (χ0n) is 1.78. The molecule has 0 unspecified atom stereocenters. The molecular weight excluding hydrogens is 196 g/mol. The molecule has 0 saturated heterocycles. The summed E-state index contributed by atoms with van der Waals surface area (Å²) in [5, 5.41) is 0. The normalized spacial score (nSPS) is 0. The van der Waals surface area contributed by atoms with E-state index in [1.807, 2.05) is 0 Å². The summed E-state index contributed by atoms with van der Waals surface area (Å²) >= 11 is 0. The average Bonchev–Trinajstić information content (AvgIpc) is 0. The monoisotopic (exact) mass is 204 g/mol. The van der Waals surface area contributed by atoms with Gasteiger partial charge in [0.1, 0.15) is 0 Å². The molecule has 0 aromatic heterocycles. The van der Waals surface area contributed by atoms with Crippen LogP contribution in [0.5, 0.6) is 0 Å². The minimum atomic E-state index is 0. The van der Waals surface area contributed by atoms with Gasteiger partial charge in [0.05, 0.1) is 0 Å². The molecule has 0 aliphatic rings. The van der Waals surface area contributed by atoms with Crippen molar-refractivity contribution >= 4 is 17.4 Å². The predicted molar refractivity (Wildman–Crippen MR) is 18.6 cm³/mol. The minimum absolute atomic E-state index is 0. The first-order valence-electron chi connectivity index (χ1n) is 0. The third kappa shape index (κ3) is 9.42. The first-order chi connectivity index (χ1) is 0. The largest absolute Gasteiger partial charge is 0.412 e. The van der Waals surface area contributed by atoms with E-state index in [0.29, 0.717) is 0 Å². The molecule has 1 radical (unpaired) electrons. The van der Waals surface area contributed by atoms with Gasteiger partial charge in [-0.25, -0.2) is 0 Å². The van der Waals surface area contributed by atoms with E-state index in [0.717, 1.165) is 0 Å². The van der Waals surface area contributed by atoms with E-state index in [-0.39, 0.29) is 64.6 Å². The molecule has 0 atom stereocenters. The van der Waals surface area contributed by atoms with Crippen LogP contribution in [0.4, 0.5) is 0 Å². The molecule has 2 nitrogen and oxygen atoms in total. The van der Waals surface area contributed by atoms with Gasteiger partial charge < -0.3 is 11.6 Å². The van der Waals surface area contributed by atoms with Crippen LogP contribution in [0.15, 0.2) is 0 Å². The number of hydrogen-bond donors (Lipinski definition) is 1. The van der Waals surface area contributed by atoms with Gasteiger partial charge in [0, 0.05) is 35.6 Å². The Morgan fingerprint density at radius 1 is 1.00 bits per heavy atom. The molecule has 0 saturated carbocycles. The van der Waals surface area contributed by atoms with Gasteiger partial charge in [-0.3, -0.25) is 0 Å². The van der Waals surface area contributed by atoms with E-state index in [1.54, 1.807) is 0 Å². The quantitative estimate of drug-likeness (QED) is 0.462. The van der Waals surface area contributed by atoms with Crippen molar-refractivity contribution in [2.75, 3.05) is 0 Å². The Kier molecular flexibility index (Phi) is 256. The van der Waals surface area contributed by atoms with E-state index in [9.17, 15) is 0 Å². The fraction of sp³-hybridized carbons (Fsp3) is 0. The Morgan fingerprint density at radius 3 is 1.00 bits per heavy atom. The van der Waals surface area contributed by atoms with Crippen LogP contribution in [-0.4, -0.2) is 22.8 Å². The van der Waals surface area contributed by atoms with E-state index >= 15 is 0 Å². The maximum Gasteiger partial charge on any atom is 0.187 e. The van der Waals surface area contributed by atoms with Crippen molar-refractivity contribution < 1.29 is 41.1 Å². The van der Waals surface area contributed by atoms with Crippen LogP contribution in [0, 0.1) is 35.6 Å². The summed E-state index contributed by atoms with van der Waals surface area (Å²) in [6, 6.07) is 0. The van der Waals surface area contributed by atoms with Gasteiger partial charge >= 0.3 is 0 Å². The van der Waals surface area contributed by atoms with Crippen molar-refractivity contribution in [3.63, 3.8) is 0 Å². The van der Waals surface area contributed by atoms with Crippen molar-refractivity contribution in [2.45, 2.75) is 0 Å². The molecule has 4 heavy (non-hydrogen) atoms. The molecule has 5 N–H and O–H groups in total. The maximum atomic E-state index is 0. The zero-order chi connectivity index (χ0) is 0. The Labute approximate surface area is 64.0 Å². The van der Waals surface area contributed by atoms with Crippen LogP contribution in [0.2, 0.25) is 0 Å². The summed E-state index contributed by atoms with van der Waals surface area (Å²) in [7, 11) is 0. The zero-order valence-corrected chi connectivity index (χ0v) is 5.41. The Bertz CT molecular complexity index is 8.00. The third-order valence-corrected chi connectivity index (χ3v) is 0. The van der Waals surface area contributed by atoms with Crippen LogP contribution in [0.25, 0.3) is 0 Å². The molecule has 0 aromatic rings. The Hall–Kier alpha value is 1.65. The molecule has 0 aromatic carbocycles. The second-order valence-electron chi connectivity index (χ2n) is 0. The summed E-state index contributed by atoms with van der Waals surface area (Å²) in [6.07, 6.45) is 0. The number of hydrogen-bond acceptors (Lipinski definition) is 1. The fourth-order valence-electron chi connectivity index (χ4n) is 0. The van der Waals surface area contributed by atoms with Crippen LogP contribution >= 0.6 is 0 Å². The maximum absolute atomic E-state index is 0. The van der Waals surface area contributed by atoms with Crippen LogP contribution in [0.1, 0.15) is 0 Å². The summed E-state index contributed by atoms with van der Waals surface area (Å²) in [5.74, 6) is 0. The van der Waals surface area contributed by atoms with Crippen molar-refractivity contribution in [1.82, 2.24) is 6.15 Å². The fourth-order valence-corrected chi connectivity index (χ4v) is 0. The summed E-state index contributed by atoms with van der Waals surface area (Å²) < 4.78 is 0. The molecule has 0 amide bonds. The first kappa shape index (κ1) is 44.9. The molecule has 0 heterocycles. The molecule has 25 valence electrons. The third-order valence-electron chi connectivity index (χ3n) is 0. The van der Waals surface area contributed by atoms with Gasteiger partial charge in [0.15, 0.2) is 17.4 Å². The first-order valence-corrected chi connectivity index (χ1v) is 0. The van der Waals surface area contributed by atoms with Crippen molar-refractivity contribution in [2.24, 2.45) is 0 Å². The molecule has 0 bridgehead atoms. The summed E-state index contributed by atoms with van der Waals surface area (Å²) in [6.45, 7) is 0. The van der Waals surface area contributed by atoms with Gasteiger partial charge in [-0.15, -0.1) is 0 Å². The van der Waals surface area contributed by atoms with E-state index in [4.69, 9.17) is 0 Å². The standard InChI is InChI=1S/Al.La.H3N.H2O.3H/h;;1H3;1H2;;;. The van der Waals surface area contributed by atoms with Crippen molar-refractivity contribution in [1.29, 1.82) is 0 Å². The molecule has 0 fully saturated rings. The topological polar surface area (TPSA) is 66.5 Å². The Balaban J connectivity index is 0. The van der Waals surface area contributed by atoms with E-state index in [1.165, 1.54) is 0 Å². The van der Waals surface area contributed by atoms with Crippen LogP contribution in [-0.2, 0) is 0 Å². The smallest absolute Gasteiger partial charge is 0.187 e. The molecule has 0 spiro atoms. The Morgan fingerprint density at radius 2 is 1.00 bits per heavy atom. The van der Waals surface area contributed by atoms with E-state index < -0.39 is 0 Å². The summed E-state index contributed by atoms with van der Waals surface area (Å²) in [4.78, 5) is 0. The van der Waals surface area contributed by atoms with Crippen LogP contribution in [0.3, 0.4) is 0 Å². The molecule has 0 aliphatic carbocycles. The predicted octanol–water partition coefficient (Wildman–Crippen LogP) is -1.85. The van der Waals surface area contributed by atoms with Gasteiger partial charge in [-0.2, -0.15) is 0 Å². The average molecular weight is 204 g/mol. The summed E-state index contributed by atoms with van der Waals surface area (Å²) in [5.41, 5.74) is 0. The molecular formula is H8AlLaNO. The van der Waals surface area contributed by atoms with Gasteiger partial charge in [0.2, 0.25) is 0 Å². The second kappa shape index (κ2) is 22.8. The van der Waals surface area contributed by atoms with Gasteiger partial charge in [-0.05, 0) is 0 Å².